The molecular weight excluding hydrogens is 319 g/mol. The molecule has 0 fully saturated rings. The largest absolute Gasteiger partial charge is 0.497 e. The van der Waals surface area contributed by atoms with Crippen LogP contribution in [-0.2, 0) is 23.1 Å². The maximum absolute atomic E-state index is 12.9. The summed E-state index contributed by atoms with van der Waals surface area (Å²) in [6.07, 6.45) is 1.45. The highest BCUT2D eigenvalue weighted by molar-refractivity contribution is 7.60. The topological polar surface area (TPSA) is 71.1 Å². The van der Waals surface area contributed by atoms with Crippen molar-refractivity contribution < 1.29 is 27.9 Å². The average molecular weight is 342 g/mol. The van der Waals surface area contributed by atoms with Gasteiger partial charge in [0.2, 0.25) is 0 Å². The van der Waals surface area contributed by atoms with E-state index >= 15 is 0 Å². The van der Waals surface area contributed by atoms with E-state index in [-0.39, 0.29) is 25.1 Å². The molecule has 23 heavy (non-hydrogen) atoms. The fourth-order valence-electron chi connectivity index (χ4n) is 1.86. The number of carbonyl (C=O) groups is 1. The number of methoxy groups -OCH3 is 1. The fraction of sp³-hybridized carbons (Fsp3) is 0.438. The Hall–Kier alpha value is -1.62. The first-order chi connectivity index (χ1) is 11.0. The van der Waals surface area contributed by atoms with Gasteiger partial charge in [-0.05, 0) is 44.5 Å². The molecule has 0 saturated heterocycles. The van der Waals surface area contributed by atoms with Crippen LogP contribution in [0.3, 0.4) is 0 Å². The lowest BCUT2D eigenvalue weighted by molar-refractivity contribution is -0.137. The van der Waals surface area contributed by atoms with Crippen LogP contribution < -0.4 is 4.74 Å². The Morgan fingerprint density at radius 1 is 1.13 bits per heavy atom. The van der Waals surface area contributed by atoms with Gasteiger partial charge in [0, 0.05) is 0 Å². The monoisotopic (exact) mass is 342 g/mol. The molecular formula is C16H23O6P. The summed E-state index contributed by atoms with van der Waals surface area (Å²) >= 11 is 0. The van der Waals surface area contributed by atoms with Crippen LogP contribution in [0, 0.1) is 0 Å². The van der Waals surface area contributed by atoms with Crippen molar-refractivity contribution in [3.63, 3.8) is 0 Å². The third-order valence-electron chi connectivity index (χ3n) is 2.77. The van der Waals surface area contributed by atoms with Gasteiger partial charge in [0.15, 0.2) is 0 Å². The molecule has 0 bridgehead atoms. The molecule has 0 amide bonds. The van der Waals surface area contributed by atoms with E-state index in [9.17, 15) is 9.36 Å². The molecule has 0 N–H and O–H groups in total. The lowest BCUT2D eigenvalue weighted by Crippen LogP contribution is -2.11. The van der Waals surface area contributed by atoms with Gasteiger partial charge in [0.25, 0.3) is 0 Å². The van der Waals surface area contributed by atoms with Crippen molar-refractivity contribution in [2.75, 3.05) is 26.9 Å². The Morgan fingerprint density at radius 3 is 2.30 bits per heavy atom. The summed E-state index contributed by atoms with van der Waals surface area (Å²) in [6.45, 7) is 5.48. The standard InChI is InChI=1S/C16H23O6P/c1-5-20-16(17)15(23(18,21-6-2)22-7-3)12-13-9-8-10-14(11-13)19-4/h8-12H,5-7H2,1-4H3/b15-12+. The summed E-state index contributed by atoms with van der Waals surface area (Å²) in [4.78, 5) is 12.2. The highest BCUT2D eigenvalue weighted by Crippen LogP contribution is 2.57. The second-order valence-corrected chi connectivity index (χ2v) is 6.35. The molecule has 0 unspecified atom stereocenters. The van der Waals surface area contributed by atoms with E-state index in [0.717, 1.165) is 0 Å². The molecule has 128 valence electrons. The van der Waals surface area contributed by atoms with Crippen molar-refractivity contribution in [2.24, 2.45) is 0 Å². The zero-order valence-corrected chi connectivity index (χ0v) is 14.8. The van der Waals surface area contributed by atoms with Gasteiger partial charge < -0.3 is 18.5 Å². The van der Waals surface area contributed by atoms with E-state index in [0.29, 0.717) is 11.3 Å². The molecule has 6 nitrogen and oxygen atoms in total. The molecule has 7 heteroatoms. The number of hydrogen-bond acceptors (Lipinski definition) is 6. The zero-order valence-electron chi connectivity index (χ0n) is 13.9. The smallest absolute Gasteiger partial charge is 0.368 e. The van der Waals surface area contributed by atoms with E-state index in [1.54, 1.807) is 52.1 Å². The molecule has 0 aliphatic heterocycles. The van der Waals surface area contributed by atoms with Crippen molar-refractivity contribution in [2.45, 2.75) is 20.8 Å². The van der Waals surface area contributed by atoms with Gasteiger partial charge in [-0.15, -0.1) is 0 Å². The van der Waals surface area contributed by atoms with Crippen molar-refractivity contribution >= 4 is 19.6 Å². The molecule has 1 aromatic carbocycles. The van der Waals surface area contributed by atoms with Crippen molar-refractivity contribution in [1.82, 2.24) is 0 Å². The molecule has 1 rings (SSSR count). The summed E-state index contributed by atoms with van der Waals surface area (Å²) in [6, 6.07) is 7.00. The SMILES string of the molecule is CCOC(=O)/C(=C\c1cccc(OC)c1)P(=O)(OCC)OCC. The van der Waals surface area contributed by atoms with Gasteiger partial charge in [-0.3, -0.25) is 4.57 Å². The molecule has 0 radical (unpaired) electrons. The minimum absolute atomic E-state index is 0.128. The summed E-state index contributed by atoms with van der Waals surface area (Å²) < 4.78 is 33.6. The maximum Gasteiger partial charge on any atom is 0.368 e. The first-order valence-corrected chi connectivity index (χ1v) is 8.97. The van der Waals surface area contributed by atoms with Crippen LogP contribution in [0.25, 0.3) is 6.08 Å². The number of benzene rings is 1. The third kappa shape index (κ3) is 5.50. The van der Waals surface area contributed by atoms with E-state index in [4.69, 9.17) is 18.5 Å². The van der Waals surface area contributed by atoms with E-state index in [1.807, 2.05) is 0 Å². The van der Waals surface area contributed by atoms with E-state index in [1.165, 1.54) is 6.08 Å². The van der Waals surface area contributed by atoms with Gasteiger partial charge in [-0.1, -0.05) is 12.1 Å². The Kier molecular flexibility index (Phi) is 8.03. The molecule has 0 aliphatic rings. The Labute approximate surface area is 136 Å². The van der Waals surface area contributed by atoms with Gasteiger partial charge >= 0.3 is 13.6 Å². The molecule has 0 spiro atoms. The highest BCUT2D eigenvalue weighted by atomic mass is 31.2. The van der Waals surface area contributed by atoms with Crippen LogP contribution in [-0.4, -0.2) is 32.9 Å². The second kappa shape index (κ2) is 9.50. The van der Waals surface area contributed by atoms with Gasteiger partial charge in [-0.2, -0.15) is 0 Å². The number of esters is 1. The predicted octanol–water partition coefficient (Wildman–Crippen LogP) is 3.87. The third-order valence-corrected chi connectivity index (χ3v) is 4.87. The molecule has 1 aromatic rings. The lowest BCUT2D eigenvalue weighted by Gasteiger charge is -2.19. The normalized spacial score (nSPS) is 12.1. The van der Waals surface area contributed by atoms with E-state index < -0.39 is 13.6 Å². The summed E-state index contributed by atoms with van der Waals surface area (Å²) in [5, 5.41) is -0.128. The molecule has 0 saturated carbocycles. The summed E-state index contributed by atoms with van der Waals surface area (Å²) in [7, 11) is -2.22. The Morgan fingerprint density at radius 2 is 1.78 bits per heavy atom. The quantitative estimate of drug-likeness (QED) is 0.385. The number of hydrogen-bond donors (Lipinski definition) is 0. The average Bonchev–Trinajstić information content (AvgIpc) is 2.53. The van der Waals surface area contributed by atoms with E-state index in [2.05, 4.69) is 0 Å². The predicted molar refractivity (Wildman–Crippen MR) is 88.5 cm³/mol. The molecule has 0 heterocycles. The second-order valence-electron chi connectivity index (χ2n) is 4.36. The van der Waals surface area contributed by atoms with Crippen LogP contribution in [0.1, 0.15) is 26.3 Å². The molecule has 0 atom stereocenters. The number of carbonyl (C=O) groups excluding carboxylic acids is 1. The fourth-order valence-corrected chi connectivity index (χ4v) is 3.49. The van der Waals surface area contributed by atoms with Crippen molar-refractivity contribution in [3.05, 3.63) is 35.1 Å². The Bertz CT molecular complexity index is 586. The zero-order chi connectivity index (χ0) is 17.3. The van der Waals surface area contributed by atoms with Gasteiger partial charge in [0.1, 0.15) is 11.1 Å². The Balaban J connectivity index is 3.35. The summed E-state index contributed by atoms with van der Waals surface area (Å²) in [5.41, 5.74) is 0.632. The highest BCUT2D eigenvalue weighted by Gasteiger charge is 2.36. The minimum Gasteiger partial charge on any atom is -0.497 e. The minimum atomic E-state index is -3.76. The van der Waals surface area contributed by atoms with Crippen LogP contribution in [0.5, 0.6) is 5.75 Å². The molecule has 0 aromatic heterocycles. The number of rotatable bonds is 9. The number of ether oxygens (including phenoxy) is 2. The first kappa shape index (κ1) is 19.4. The van der Waals surface area contributed by atoms with Crippen molar-refractivity contribution in [1.29, 1.82) is 0 Å². The summed E-state index contributed by atoms with van der Waals surface area (Å²) in [5.74, 6) is -0.106. The van der Waals surface area contributed by atoms with Crippen LogP contribution in [0.4, 0.5) is 0 Å². The van der Waals surface area contributed by atoms with Crippen molar-refractivity contribution in [3.8, 4) is 5.75 Å². The van der Waals surface area contributed by atoms with Crippen LogP contribution in [0.15, 0.2) is 29.6 Å². The first-order valence-electron chi connectivity index (χ1n) is 7.43. The van der Waals surface area contributed by atoms with Gasteiger partial charge in [0.05, 0.1) is 26.9 Å². The van der Waals surface area contributed by atoms with Crippen LogP contribution in [0.2, 0.25) is 0 Å². The van der Waals surface area contributed by atoms with Gasteiger partial charge in [-0.25, -0.2) is 4.79 Å². The maximum atomic E-state index is 12.9. The lowest BCUT2D eigenvalue weighted by atomic mass is 10.2. The van der Waals surface area contributed by atoms with Crippen LogP contribution >= 0.6 is 7.60 Å². The molecule has 0 aliphatic carbocycles.